The number of anilines is 1. The third-order valence-electron chi connectivity index (χ3n) is 8.97. The molecule has 1 spiro atoms. The summed E-state index contributed by atoms with van der Waals surface area (Å²) >= 11 is 12.7. The average Bonchev–Trinajstić information content (AvgIpc) is 3.52. The number of ether oxygens (including phenoxy) is 1. The lowest BCUT2D eigenvalue weighted by atomic mass is 9.71. The molecule has 2 aliphatic rings. The van der Waals surface area contributed by atoms with Crippen LogP contribution in [0.4, 0.5) is 10.1 Å². The van der Waals surface area contributed by atoms with Crippen LogP contribution in [0.25, 0.3) is 0 Å². The zero-order chi connectivity index (χ0) is 33.5. The standard InChI is InChI=1S/C36H32Cl2FN3O5/c1-3-47-25-7-4-6-22(16-25)19-42-20-27(33(43)41(2)18-21-10-12-23(13-11-21)34(44)45)31(26-8-5-9-29(38)32(26)39)36(42)28-15-14-24(37)17-30(28)40-35(36)46/h4-17,27,31H,3,18-20H2,1-2H3,(H,40,46)(H,44,45)/t27?,31-,36+/m0/s1. The van der Waals surface area contributed by atoms with Crippen molar-refractivity contribution >= 4 is 46.7 Å². The van der Waals surface area contributed by atoms with Gasteiger partial charge in [-0.1, -0.05) is 65.7 Å². The lowest BCUT2D eigenvalue weighted by molar-refractivity contribution is -0.135. The highest BCUT2D eigenvalue weighted by Crippen LogP contribution is 2.58. The fourth-order valence-corrected chi connectivity index (χ4v) is 7.36. The third-order valence-corrected chi connectivity index (χ3v) is 9.50. The van der Waals surface area contributed by atoms with Crippen molar-refractivity contribution in [1.82, 2.24) is 9.80 Å². The second-order valence-electron chi connectivity index (χ2n) is 11.8. The maximum absolute atomic E-state index is 16.1. The number of benzene rings is 4. The third kappa shape index (κ3) is 5.84. The van der Waals surface area contributed by atoms with Crippen molar-refractivity contribution in [3.05, 3.63) is 129 Å². The van der Waals surface area contributed by atoms with Crippen LogP contribution in [0.3, 0.4) is 0 Å². The number of hydrogen-bond donors (Lipinski definition) is 2. The predicted octanol–water partition coefficient (Wildman–Crippen LogP) is 6.95. The molecular formula is C36H32Cl2FN3O5. The van der Waals surface area contributed by atoms with Gasteiger partial charge in [0.1, 0.15) is 17.1 Å². The van der Waals surface area contributed by atoms with Crippen molar-refractivity contribution in [2.24, 2.45) is 5.92 Å². The summed E-state index contributed by atoms with van der Waals surface area (Å²) in [5, 5.41) is 12.6. The average molecular weight is 677 g/mol. The molecule has 4 aromatic carbocycles. The molecule has 242 valence electrons. The first-order valence-electron chi connectivity index (χ1n) is 15.1. The van der Waals surface area contributed by atoms with Crippen molar-refractivity contribution in [2.75, 3.05) is 25.5 Å². The summed E-state index contributed by atoms with van der Waals surface area (Å²) in [7, 11) is 1.64. The minimum atomic E-state index is -1.50. The number of halogens is 3. The zero-order valence-corrected chi connectivity index (χ0v) is 27.2. The van der Waals surface area contributed by atoms with E-state index in [1.807, 2.05) is 36.1 Å². The Bertz CT molecular complexity index is 1870. The molecule has 2 aliphatic heterocycles. The van der Waals surface area contributed by atoms with E-state index in [2.05, 4.69) is 5.32 Å². The lowest BCUT2D eigenvalue weighted by Crippen LogP contribution is -2.50. The molecule has 1 saturated heterocycles. The van der Waals surface area contributed by atoms with Crippen LogP contribution in [-0.2, 0) is 28.2 Å². The fraction of sp³-hybridized carbons (Fsp3) is 0.250. The van der Waals surface area contributed by atoms with Crippen LogP contribution >= 0.6 is 23.2 Å². The van der Waals surface area contributed by atoms with E-state index in [1.54, 1.807) is 49.5 Å². The molecule has 0 aliphatic carbocycles. The van der Waals surface area contributed by atoms with Gasteiger partial charge in [-0.3, -0.25) is 14.5 Å². The molecule has 3 atom stereocenters. The number of nitrogens with zero attached hydrogens (tertiary/aromatic N) is 2. The van der Waals surface area contributed by atoms with E-state index in [9.17, 15) is 19.5 Å². The van der Waals surface area contributed by atoms with Crippen LogP contribution in [-0.4, -0.2) is 52.9 Å². The SMILES string of the molecule is CCOc1cccc(CN2CC(C(=O)N(C)Cc3ccc(C(=O)O)cc3)[C@H](c3cccc(Cl)c3F)[C@]23C(=O)Nc2cc(Cl)ccc23)c1. The molecule has 0 saturated carbocycles. The normalized spacial score (nSPS) is 20.2. The van der Waals surface area contributed by atoms with E-state index in [0.29, 0.717) is 34.2 Å². The number of amides is 2. The Morgan fingerprint density at radius 3 is 2.51 bits per heavy atom. The van der Waals surface area contributed by atoms with Crippen LogP contribution in [0.1, 0.15) is 45.5 Å². The van der Waals surface area contributed by atoms with E-state index >= 15 is 4.39 Å². The molecule has 11 heteroatoms. The van der Waals surface area contributed by atoms with Gasteiger partial charge < -0.3 is 20.1 Å². The van der Waals surface area contributed by atoms with Crippen LogP contribution in [0.2, 0.25) is 10.0 Å². The van der Waals surface area contributed by atoms with Crippen molar-refractivity contribution in [1.29, 1.82) is 0 Å². The molecule has 0 bridgehead atoms. The molecule has 0 radical (unpaired) electrons. The first kappa shape index (κ1) is 32.5. The van der Waals surface area contributed by atoms with E-state index in [1.165, 1.54) is 23.1 Å². The highest BCUT2D eigenvalue weighted by Gasteiger charge is 2.65. The van der Waals surface area contributed by atoms with Gasteiger partial charge in [-0.25, -0.2) is 9.18 Å². The number of likely N-dealkylation sites (tertiary alicyclic amines) is 1. The summed E-state index contributed by atoms with van der Waals surface area (Å²) < 4.78 is 21.9. The first-order valence-corrected chi connectivity index (χ1v) is 15.9. The molecule has 47 heavy (non-hydrogen) atoms. The van der Waals surface area contributed by atoms with Crippen molar-refractivity contribution < 1.29 is 28.6 Å². The van der Waals surface area contributed by atoms with E-state index < -0.39 is 35.1 Å². The molecule has 6 rings (SSSR count). The minimum Gasteiger partial charge on any atom is -0.494 e. The number of hydrogen-bond acceptors (Lipinski definition) is 5. The van der Waals surface area contributed by atoms with Gasteiger partial charge in [0, 0.05) is 48.9 Å². The summed E-state index contributed by atoms with van der Waals surface area (Å²) in [6, 6.07) is 23.5. The Balaban J connectivity index is 1.49. The Labute approximate surface area is 281 Å². The Morgan fingerprint density at radius 1 is 1.04 bits per heavy atom. The van der Waals surface area contributed by atoms with Gasteiger partial charge in [0.05, 0.1) is 23.1 Å². The highest BCUT2D eigenvalue weighted by molar-refractivity contribution is 6.31. The number of nitrogens with one attached hydrogen (secondary N) is 1. The highest BCUT2D eigenvalue weighted by atomic mass is 35.5. The zero-order valence-electron chi connectivity index (χ0n) is 25.7. The maximum atomic E-state index is 16.1. The lowest BCUT2D eigenvalue weighted by Gasteiger charge is -2.38. The molecule has 1 unspecified atom stereocenters. The summed E-state index contributed by atoms with van der Waals surface area (Å²) in [4.78, 5) is 43.8. The minimum absolute atomic E-state index is 0.117. The van der Waals surface area contributed by atoms with E-state index in [4.69, 9.17) is 27.9 Å². The molecule has 2 N–H and O–H groups in total. The Kier molecular flexibility index (Phi) is 8.98. The molecular weight excluding hydrogens is 644 g/mol. The van der Waals surface area contributed by atoms with Crippen molar-refractivity contribution in [3.8, 4) is 5.75 Å². The second-order valence-corrected chi connectivity index (χ2v) is 12.6. The molecule has 8 nitrogen and oxygen atoms in total. The fourth-order valence-electron chi connectivity index (χ4n) is 7.01. The number of aromatic carboxylic acids is 1. The summed E-state index contributed by atoms with van der Waals surface area (Å²) in [5.74, 6) is -3.65. The van der Waals surface area contributed by atoms with Crippen LogP contribution < -0.4 is 10.1 Å². The van der Waals surface area contributed by atoms with Crippen LogP contribution in [0.15, 0.2) is 84.9 Å². The molecule has 0 aromatic heterocycles. The number of carboxylic acid groups (broad SMARTS) is 1. The number of carbonyl (C=O) groups is 3. The van der Waals surface area contributed by atoms with Gasteiger partial charge in [0.2, 0.25) is 11.8 Å². The summed E-state index contributed by atoms with van der Waals surface area (Å²) in [5.41, 5.74) is 1.41. The molecule has 1 fully saturated rings. The molecule has 2 heterocycles. The number of fused-ring (bicyclic) bond motifs is 2. The van der Waals surface area contributed by atoms with Gasteiger partial charge in [0.15, 0.2) is 0 Å². The van der Waals surface area contributed by atoms with Gasteiger partial charge in [0.25, 0.3) is 0 Å². The summed E-state index contributed by atoms with van der Waals surface area (Å²) in [6.07, 6.45) is 0. The quantitative estimate of drug-likeness (QED) is 0.199. The van der Waals surface area contributed by atoms with Crippen molar-refractivity contribution in [2.45, 2.75) is 31.5 Å². The van der Waals surface area contributed by atoms with Gasteiger partial charge in [-0.05, 0) is 66.1 Å². The van der Waals surface area contributed by atoms with Crippen LogP contribution in [0.5, 0.6) is 5.75 Å². The molecule has 4 aromatic rings. The van der Waals surface area contributed by atoms with Gasteiger partial charge in [-0.2, -0.15) is 0 Å². The van der Waals surface area contributed by atoms with Crippen LogP contribution in [0, 0.1) is 11.7 Å². The number of rotatable bonds is 9. The molecule has 2 amide bonds. The number of carbonyl (C=O) groups excluding carboxylic acids is 2. The monoisotopic (exact) mass is 675 g/mol. The smallest absolute Gasteiger partial charge is 0.335 e. The van der Waals surface area contributed by atoms with Crippen molar-refractivity contribution in [3.63, 3.8) is 0 Å². The van der Waals surface area contributed by atoms with E-state index in [-0.39, 0.29) is 41.7 Å². The summed E-state index contributed by atoms with van der Waals surface area (Å²) in [6.45, 7) is 2.91. The number of carboxylic acids is 1. The van der Waals surface area contributed by atoms with Gasteiger partial charge >= 0.3 is 5.97 Å². The topological polar surface area (TPSA) is 99.2 Å². The Morgan fingerprint density at radius 2 is 1.79 bits per heavy atom. The Hall–Kier alpha value is -4.44. The van der Waals surface area contributed by atoms with E-state index in [0.717, 1.165) is 5.56 Å². The maximum Gasteiger partial charge on any atom is 0.335 e. The first-order chi connectivity index (χ1) is 22.5. The predicted molar refractivity (Wildman–Crippen MR) is 177 cm³/mol. The van der Waals surface area contributed by atoms with Gasteiger partial charge in [-0.15, -0.1) is 0 Å². The largest absolute Gasteiger partial charge is 0.494 e. The second kappa shape index (κ2) is 13.0.